The number of carbonyl (C=O) groups is 1. The second-order valence-corrected chi connectivity index (χ2v) is 5.08. The van der Waals surface area contributed by atoms with Crippen LogP contribution in [0.2, 0.25) is 5.02 Å². The van der Waals surface area contributed by atoms with Gasteiger partial charge in [0.1, 0.15) is 0 Å². The Morgan fingerprint density at radius 3 is 3.11 bits per heavy atom. The number of halogens is 1. The van der Waals surface area contributed by atoms with Gasteiger partial charge in [-0.3, -0.25) is 0 Å². The molecule has 1 aromatic carbocycles. The molecule has 0 radical (unpaired) electrons. The molecule has 1 heterocycles. The summed E-state index contributed by atoms with van der Waals surface area (Å²) >= 11 is 5.83. The van der Waals surface area contributed by atoms with Crippen molar-refractivity contribution in [1.82, 2.24) is 0 Å². The van der Waals surface area contributed by atoms with E-state index in [1.807, 2.05) is 0 Å². The lowest BCUT2D eigenvalue weighted by Crippen LogP contribution is -2.11. The van der Waals surface area contributed by atoms with Crippen LogP contribution in [-0.4, -0.2) is 25.3 Å². The molecule has 0 aliphatic carbocycles. The van der Waals surface area contributed by atoms with Crippen LogP contribution in [0.1, 0.15) is 36.0 Å². The van der Waals surface area contributed by atoms with Gasteiger partial charge in [0.25, 0.3) is 0 Å². The molecule has 2 N–H and O–H groups in total. The van der Waals surface area contributed by atoms with E-state index in [9.17, 15) is 4.79 Å². The van der Waals surface area contributed by atoms with Crippen LogP contribution in [0.3, 0.4) is 0 Å². The zero-order valence-corrected chi connectivity index (χ0v) is 11.5. The minimum absolute atomic E-state index is 0.324. The molecule has 2 rings (SSSR count). The highest BCUT2D eigenvalue weighted by molar-refractivity contribution is 6.31. The first-order valence-electron chi connectivity index (χ1n) is 6.50. The topological polar surface area (TPSA) is 61.6 Å². The summed E-state index contributed by atoms with van der Waals surface area (Å²) in [6.07, 6.45) is 4.29. The van der Waals surface area contributed by atoms with Gasteiger partial charge in [0.15, 0.2) is 0 Å². The Balaban J connectivity index is 1.75. The minimum atomic E-state index is -0.424. The monoisotopic (exact) mass is 283 g/mol. The number of anilines is 1. The highest BCUT2D eigenvalue weighted by atomic mass is 35.5. The van der Waals surface area contributed by atoms with Crippen molar-refractivity contribution in [3.63, 3.8) is 0 Å². The molecule has 1 aliphatic heterocycles. The van der Waals surface area contributed by atoms with E-state index in [0.717, 1.165) is 32.3 Å². The van der Waals surface area contributed by atoms with E-state index >= 15 is 0 Å². The largest absolute Gasteiger partial charge is 0.462 e. The highest BCUT2D eigenvalue weighted by Crippen LogP contribution is 2.20. The molecule has 1 fully saturated rings. The Morgan fingerprint density at radius 1 is 1.53 bits per heavy atom. The Hall–Kier alpha value is -1.26. The third kappa shape index (κ3) is 4.11. The molecule has 0 saturated carbocycles. The van der Waals surface area contributed by atoms with Gasteiger partial charge in [-0.2, -0.15) is 0 Å². The summed E-state index contributed by atoms with van der Waals surface area (Å²) in [5.41, 5.74) is 6.42. The number of ether oxygens (including phenoxy) is 2. The van der Waals surface area contributed by atoms with Crippen molar-refractivity contribution in [2.75, 3.05) is 18.9 Å². The Bertz CT molecular complexity index is 444. The molecule has 0 bridgehead atoms. The first-order chi connectivity index (χ1) is 9.16. The van der Waals surface area contributed by atoms with Crippen LogP contribution in [0.4, 0.5) is 5.69 Å². The summed E-state index contributed by atoms with van der Waals surface area (Å²) < 4.78 is 10.7. The standard InChI is InChI=1S/C14H18ClNO3/c15-10-5-6-13(16)12(9-10)14(17)19-8-2-4-11-3-1-7-18-11/h5-6,9,11H,1-4,7-8,16H2. The number of nitrogens with two attached hydrogens (primary N) is 1. The molecular formula is C14H18ClNO3. The number of hydrogen-bond donors (Lipinski definition) is 1. The fourth-order valence-electron chi connectivity index (χ4n) is 2.13. The number of benzene rings is 1. The quantitative estimate of drug-likeness (QED) is 0.512. The summed E-state index contributed by atoms with van der Waals surface area (Å²) in [7, 11) is 0. The van der Waals surface area contributed by atoms with Crippen molar-refractivity contribution in [3.8, 4) is 0 Å². The summed E-state index contributed by atoms with van der Waals surface area (Å²) in [5.74, 6) is -0.424. The zero-order valence-electron chi connectivity index (χ0n) is 10.7. The molecule has 1 atom stereocenters. The molecule has 19 heavy (non-hydrogen) atoms. The fourth-order valence-corrected chi connectivity index (χ4v) is 2.30. The van der Waals surface area contributed by atoms with Gasteiger partial charge in [0.05, 0.1) is 18.3 Å². The van der Waals surface area contributed by atoms with Crippen molar-refractivity contribution < 1.29 is 14.3 Å². The Morgan fingerprint density at radius 2 is 2.37 bits per heavy atom. The van der Waals surface area contributed by atoms with Gasteiger partial charge in [-0.05, 0) is 43.9 Å². The maximum atomic E-state index is 11.8. The Labute approximate surface area is 117 Å². The van der Waals surface area contributed by atoms with Gasteiger partial charge < -0.3 is 15.2 Å². The van der Waals surface area contributed by atoms with E-state index in [2.05, 4.69) is 0 Å². The van der Waals surface area contributed by atoms with E-state index in [1.54, 1.807) is 12.1 Å². The van der Waals surface area contributed by atoms with Crippen LogP contribution in [0.5, 0.6) is 0 Å². The lowest BCUT2D eigenvalue weighted by molar-refractivity contribution is 0.0462. The number of hydrogen-bond acceptors (Lipinski definition) is 4. The lowest BCUT2D eigenvalue weighted by atomic mass is 10.1. The predicted molar refractivity (Wildman–Crippen MR) is 74.4 cm³/mol. The van der Waals surface area contributed by atoms with E-state index in [0.29, 0.717) is 29.0 Å². The lowest BCUT2D eigenvalue weighted by Gasteiger charge is -2.10. The third-order valence-corrected chi connectivity index (χ3v) is 3.40. The van der Waals surface area contributed by atoms with Crippen LogP contribution in [0, 0.1) is 0 Å². The average molecular weight is 284 g/mol. The molecule has 104 valence electrons. The van der Waals surface area contributed by atoms with Crippen LogP contribution in [-0.2, 0) is 9.47 Å². The van der Waals surface area contributed by atoms with Crippen molar-refractivity contribution in [2.45, 2.75) is 31.8 Å². The first-order valence-corrected chi connectivity index (χ1v) is 6.88. The number of nitrogen functional groups attached to an aromatic ring is 1. The minimum Gasteiger partial charge on any atom is -0.462 e. The summed E-state index contributed by atoms with van der Waals surface area (Å²) in [5, 5.41) is 0.473. The molecule has 4 nitrogen and oxygen atoms in total. The molecule has 0 aromatic heterocycles. The van der Waals surface area contributed by atoms with Gasteiger partial charge >= 0.3 is 5.97 Å². The normalized spacial score (nSPS) is 18.5. The smallest absolute Gasteiger partial charge is 0.340 e. The molecule has 0 spiro atoms. The van der Waals surface area contributed by atoms with Crippen LogP contribution < -0.4 is 5.73 Å². The Kier molecular flexibility index (Phi) is 5.05. The molecule has 1 saturated heterocycles. The van der Waals surface area contributed by atoms with Gasteiger partial charge in [-0.25, -0.2) is 4.79 Å². The number of rotatable bonds is 5. The zero-order chi connectivity index (χ0) is 13.7. The van der Waals surface area contributed by atoms with Crippen LogP contribution in [0.25, 0.3) is 0 Å². The maximum Gasteiger partial charge on any atom is 0.340 e. The molecule has 1 unspecified atom stereocenters. The highest BCUT2D eigenvalue weighted by Gasteiger charge is 2.16. The average Bonchev–Trinajstić information content (AvgIpc) is 2.90. The van der Waals surface area contributed by atoms with Crippen molar-refractivity contribution in [2.24, 2.45) is 0 Å². The fraction of sp³-hybridized carbons (Fsp3) is 0.500. The van der Waals surface area contributed by atoms with Crippen LogP contribution in [0.15, 0.2) is 18.2 Å². The second kappa shape index (κ2) is 6.78. The van der Waals surface area contributed by atoms with Crippen molar-refractivity contribution >= 4 is 23.3 Å². The van der Waals surface area contributed by atoms with Gasteiger partial charge in [0.2, 0.25) is 0 Å². The second-order valence-electron chi connectivity index (χ2n) is 4.64. The van der Waals surface area contributed by atoms with Gasteiger partial charge in [-0.1, -0.05) is 11.6 Å². The summed E-state index contributed by atoms with van der Waals surface area (Å²) in [6, 6.07) is 4.77. The predicted octanol–water partition coefficient (Wildman–Crippen LogP) is 3.04. The van der Waals surface area contributed by atoms with Gasteiger partial charge in [0, 0.05) is 17.3 Å². The summed E-state index contributed by atoms with van der Waals surface area (Å²) in [4.78, 5) is 11.8. The van der Waals surface area contributed by atoms with Crippen molar-refractivity contribution in [1.29, 1.82) is 0 Å². The molecule has 1 aliphatic rings. The summed E-state index contributed by atoms with van der Waals surface area (Å²) in [6.45, 7) is 1.23. The van der Waals surface area contributed by atoms with E-state index < -0.39 is 5.97 Å². The molecule has 5 heteroatoms. The SMILES string of the molecule is Nc1ccc(Cl)cc1C(=O)OCCCC1CCCO1. The van der Waals surface area contributed by atoms with E-state index in [1.165, 1.54) is 6.07 Å². The van der Waals surface area contributed by atoms with Crippen LogP contribution >= 0.6 is 11.6 Å². The van der Waals surface area contributed by atoms with Gasteiger partial charge in [-0.15, -0.1) is 0 Å². The van der Waals surface area contributed by atoms with E-state index in [-0.39, 0.29) is 0 Å². The number of carbonyl (C=O) groups excluding carboxylic acids is 1. The molecule has 1 aromatic rings. The maximum absolute atomic E-state index is 11.8. The third-order valence-electron chi connectivity index (χ3n) is 3.16. The number of esters is 1. The molecular weight excluding hydrogens is 266 g/mol. The van der Waals surface area contributed by atoms with E-state index in [4.69, 9.17) is 26.8 Å². The van der Waals surface area contributed by atoms with Crippen molar-refractivity contribution in [3.05, 3.63) is 28.8 Å². The first kappa shape index (κ1) is 14.2. The molecule has 0 amide bonds.